The van der Waals surface area contributed by atoms with Crippen LogP contribution in [0.2, 0.25) is 0 Å². The summed E-state index contributed by atoms with van der Waals surface area (Å²) in [6, 6.07) is 6.66. The van der Waals surface area contributed by atoms with Crippen LogP contribution in [0.25, 0.3) is 6.08 Å². The summed E-state index contributed by atoms with van der Waals surface area (Å²) in [4.78, 5) is 0. The fraction of sp³-hybridized carbons (Fsp3) is 0. The zero-order valence-electron chi connectivity index (χ0n) is 6.71. The zero-order chi connectivity index (χ0) is 9.90. The van der Waals surface area contributed by atoms with E-state index in [4.69, 9.17) is 10.3 Å². The molecule has 0 aliphatic rings. The smallest absolute Gasteiger partial charge is 0.287 e. The molecule has 0 heterocycles. The molecule has 70 valence electrons. The second-order valence-electron chi connectivity index (χ2n) is 2.49. The van der Waals surface area contributed by atoms with Crippen molar-refractivity contribution in [1.82, 2.24) is 0 Å². The van der Waals surface area contributed by atoms with E-state index in [1.54, 1.807) is 24.3 Å². The number of nitrogen functional groups attached to an aromatic ring is 1. The molecule has 0 aromatic heterocycles. The Bertz CT molecular complexity index is 423. The number of nitrogens with two attached hydrogens (primary N) is 1. The minimum Gasteiger partial charge on any atom is -0.399 e. The van der Waals surface area contributed by atoms with Gasteiger partial charge in [-0.1, -0.05) is 12.1 Å². The molecule has 0 unspecified atom stereocenters. The number of hydrogen-bond acceptors (Lipinski definition) is 3. The molecule has 0 aliphatic carbocycles. The molecule has 3 N–H and O–H groups in total. The maximum Gasteiger partial charge on any atom is 0.287 e. The Labute approximate surface area is 76.4 Å². The van der Waals surface area contributed by atoms with Gasteiger partial charge in [0.05, 0.1) is 5.41 Å². The topological polar surface area (TPSA) is 80.4 Å². The molecule has 1 rings (SSSR count). The van der Waals surface area contributed by atoms with Crippen LogP contribution in [0.1, 0.15) is 5.56 Å². The van der Waals surface area contributed by atoms with Crippen LogP contribution >= 0.6 is 0 Å². The molecule has 0 amide bonds. The Hall–Kier alpha value is -1.33. The van der Waals surface area contributed by atoms with Crippen molar-refractivity contribution in [3.8, 4) is 0 Å². The molecule has 0 saturated carbocycles. The quantitative estimate of drug-likeness (QED) is 0.552. The summed E-state index contributed by atoms with van der Waals surface area (Å²) in [7, 11) is -4.06. The molecule has 1 aromatic rings. The lowest BCUT2D eigenvalue weighted by atomic mass is 10.2. The highest BCUT2D eigenvalue weighted by Gasteiger charge is 1.95. The summed E-state index contributed by atoms with van der Waals surface area (Å²) in [6.07, 6.45) is 1.27. The first kappa shape index (κ1) is 9.76. The molecule has 0 fully saturated rings. The van der Waals surface area contributed by atoms with Crippen molar-refractivity contribution in [2.75, 3.05) is 5.73 Å². The van der Waals surface area contributed by atoms with Gasteiger partial charge in [-0.2, -0.15) is 8.42 Å². The Kier molecular flexibility index (Phi) is 2.69. The van der Waals surface area contributed by atoms with Crippen molar-refractivity contribution in [2.24, 2.45) is 0 Å². The molecule has 0 radical (unpaired) electrons. The average Bonchev–Trinajstić information content (AvgIpc) is 2.00. The lowest BCUT2D eigenvalue weighted by molar-refractivity contribution is 0.494. The molecule has 5 heteroatoms. The number of hydrogen-bond donors (Lipinski definition) is 2. The van der Waals surface area contributed by atoms with Crippen molar-refractivity contribution < 1.29 is 13.0 Å². The molecule has 1 aromatic carbocycles. The monoisotopic (exact) mass is 199 g/mol. The molecule has 0 aliphatic heterocycles. The Morgan fingerprint density at radius 2 is 2.08 bits per heavy atom. The molecular formula is C8H9NO3S. The van der Waals surface area contributed by atoms with E-state index in [0.29, 0.717) is 16.7 Å². The second kappa shape index (κ2) is 3.59. The third-order valence-corrected chi connectivity index (χ3v) is 1.82. The summed E-state index contributed by atoms with van der Waals surface area (Å²) < 4.78 is 29.1. The van der Waals surface area contributed by atoms with Crippen LogP contribution in [0, 0.1) is 0 Å². The third-order valence-electron chi connectivity index (χ3n) is 1.34. The predicted molar refractivity (Wildman–Crippen MR) is 51.4 cm³/mol. The number of anilines is 1. The van der Waals surface area contributed by atoms with Gasteiger partial charge in [-0.25, -0.2) is 0 Å². The van der Waals surface area contributed by atoms with E-state index in [1.165, 1.54) is 6.08 Å². The Balaban J connectivity index is 2.93. The van der Waals surface area contributed by atoms with Gasteiger partial charge in [0.25, 0.3) is 10.1 Å². The van der Waals surface area contributed by atoms with Gasteiger partial charge in [0.15, 0.2) is 0 Å². The van der Waals surface area contributed by atoms with Gasteiger partial charge < -0.3 is 5.73 Å². The van der Waals surface area contributed by atoms with Gasteiger partial charge in [-0.3, -0.25) is 4.55 Å². The van der Waals surface area contributed by atoms with E-state index in [1.807, 2.05) is 0 Å². The van der Waals surface area contributed by atoms with Crippen molar-refractivity contribution in [3.05, 3.63) is 35.2 Å². The SMILES string of the molecule is Nc1cccc(C=CS(=O)(=O)O)c1. The molecule has 0 saturated heterocycles. The van der Waals surface area contributed by atoms with E-state index in [2.05, 4.69) is 0 Å². The van der Waals surface area contributed by atoms with E-state index >= 15 is 0 Å². The lowest BCUT2D eigenvalue weighted by Crippen LogP contribution is -1.89. The van der Waals surface area contributed by atoms with Crippen LogP contribution in [0.4, 0.5) is 5.69 Å². The summed E-state index contributed by atoms with van der Waals surface area (Å²) >= 11 is 0. The van der Waals surface area contributed by atoms with E-state index in [-0.39, 0.29) is 0 Å². The van der Waals surface area contributed by atoms with Gasteiger partial charge in [0.1, 0.15) is 0 Å². The fourth-order valence-electron chi connectivity index (χ4n) is 0.827. The highest BCUT2D eigenvalue weighted by molar-refractivity contribution is 7.88. The van der Waals surface area contributed by atoms with Crippen LogP contribution in [0.15, 0.2) is 29.7 Å². The predicted octanol–water partition coefficient (Wildman–Crippen LogP) is 1.13. The van der Waals surface area contributed by atoms with Gasteiger partial charge >= 0.3 is 0 Å². The lowest BCUT2D eigenvalue weighted by Gasteiger charge is -1.94. The van der Waals surface area contributed by atoms with E-state index in [9.17, 15) is 8.42 Å². The largest absolute Gasteiger partial charge is 0.399 e. The van der Waals surface area contributed by atoms with Crippen LogP contribution < -0.4 is 5.73 Å². The molecular weight excluding hydrogens is 190 g/mol. The third kappa shape index (κ3) is 3.73. The molecule has 0 atom stereocenters. The maximum absolute atomic E-state index is 10.3. The van der Waals surface area contributed by atoms with E-state index in [0.717, 1.165) is 0 Å². The molecule has 0 bridgehead atoms. The van der Waals surface area contributed by atoms with Crippen LogP contribution in [0.3, 0.4) is 0 Å². The van der Waals surface area contributed by atoms with Gasteiger partial charge in [0.2, 0.25) is 0 Å². The van der Waals surface area contributed by atoms with Gasteiger partial charge in [-0.05, 0) is 23.8 Å². The maximum atomic E-state index is 10.3. The second-order valence-corrected chi connectivity index (χ2v) is 3.79. The Morgan fingerprint density at radius 1 is 1.38 bits per heavy atom. The summed E-state index contributed by atoms with van der Waals surface area (Å²) in [6.45, 7) is 0. The molecule has 4 nitrogen and oxygen atoms in total. The first-order chi connectivity index (χ1) is 5.97. The summed E-state index contributed by atoms with van der Waals surface area (Å²) in [5.74, 6) is 0. The highest BCUT2D eigenvalue weighted by atomic mass is 32.2. The van der Waals surface area contributed by atoms with Crippen molar-refractivity contribution >= 4 is 21.9 Å². The first-order valence-corrected chi connectivity index (χ1v) is 4.99. The normalized spacial score (nSPS) is 12.1. The summed E-state index contributed by atoms with van der Waals surface area (Å²) in [5.41, 5.74) is 6.61. The fourth-order valence-corrected chi connectivity index (χ4v) is 1.16. The average molecular weight is 199 g/mol. The van der Waals surface area contributed by atoms with Gasteiger partial charge in [-0.15, -0.1) is 0 Å². The highest BCUT2D eigenvalue weighted by Crippen LogP contribution is 2.08. The van der Waals surface area contributed by atoms with Crippen molar-refractivity contribution in [2.45, 2.75) is 0 Å². The van der Waals surface area contributed by atoms with Crippen molar-refractivity contribution in [1.29, 1.82) is 0 Å². The van der Waals surface area contributed by atoms with Gasteiger partial charge in [0, 0.05) is 5.69 Å². The Morgan fingerprint density at radius 3 is 2.62 bits per heavy atom. The van der Waals surface area contributed by atoms with E-state index < -0.39 is 10.1 Å². The number of rotatable bonds is 2. The van der Waals surface area contributed by atoms with Crippen molar-refractivity contribution in [3.63, 3.8) is 0 Å². The number of benzene rings is 1. The molecule has 13 heavy (non-hydrogen) atoms. The van der Waals surface area contributed by atoms with Crippen LogP contribution in [-0.4, -0.2) is 13.0 Å². The standard InChI is InChI=1S/C8H9NO3S/c9-8-3-1-2-7(6-8)4-5-13(10,11)12/h1-6H,9H2,(H,10,11,12). The minimum atomic E-state index is -4.06. The minimum absolute atomic E-state index is 0.539. The summed E-state index contributed by atoms with van der Waals surface area (Å²) in [5, 5.41) is 0.710. The molecule has 0 spiro atoms. The zero-order valence-corrected chi connectivity index (χ0v) is 7.53. The van der Waals surface area contributed by atoms with Crippen LogP contribution in [-0.2, 0) is 10.1 Å². The first-order valence-electron chi connectivity index (χ1n) is 3.48. The van der Waals surface area contributed by atoms with Crippen LogP contribution in [0.5, 0.6) is 0 Å².